The van der Waals surface area contributed by atoms with Gasteiger partial charge in [0.25, 0.3) is 0 Å². The third-order valence-corrected chi connectivity index (χ3v) is 4.35. The van der Waals surface area contributed by atoms with Gasteiger partial charge in [0.1, 0.15) is 0 Å². The maximum Gasteiger partial charge on any atom is 0.0707 e. The van der Waals surface area contributed by atoms with Crippen LogP contribution in [0.3, 0.4) is 0 Å². The quantitative estimate of drug-likeness (QED) is 0.676. The van der Waals surface area contributed by atoms with E-state index in [-0.39, 0.29) is 11.2 Å². The summed E-state index contributed by atoms with van der Waals surface area (Å²) in [5.74, 6) is 0. The van der Waals surface area contributed by atoms with Crippen molar-refractivity contribution in [1.82, 2.24) is 4.90 Å². The van der Waals surface area contributed by atoms with Crippen LogP contribution in [0.2, 0.25) is 0 Å². The normalized spacial score (nSPS) is 22.6. The van der Waals surface area contributed by atoms with Gasteiger partial charge in [0.2, 0.25) is 0 Å². The second-order valence-corrected chi connectivity index (χ2v) is 9.03. The molecule has 0 radical (unpaired) electrons. The van der Waals surface area contributed by atoms with E-state index in [1.807, 2.05) is 0 Å². The number of ether oxygens (including phenoxy) is 3. The molecule has 22 heavy (non-hydrogen) atoms. The second-order valence-electron chi connectivity index (χ2n) is 9.03. The molecule has 4 nitrogen and oxygen atoms in total. The van der Waals surface area contributed by atoms with E-state index < -0.39 is 0 Å². The summed E-state index contributed by atoms with van der Waals surface area (Å²) in [7, 11) is 0. The molecule has 4 heteroatoms. The van der Waals surface area contributed by atoms with E-state index in [0.717, 1.165) is 19.8 Å². The Labute approximate surface area is 136 Å². The Kier molecular flexibility index (Phi) is 5.59. The Morgan fingerprint density at radius 1 is 0.864 bits per heavy atom. The maximum atomic E-state index is 5.90. The molecule has 0 aromatic heterocycles. The number of likely N-dealkylation sites (tertiary alicyclic amines) is 1. The molecular formula is C18H35NO3. The molecule has 130 valence electrons. The average molecular weight is 313 g/mol. The minimum absolute atomic E-state index is 0.0207. The molecule has 0 atom stereocenters. The first-order valence-corrected chi connectivity index (χ1v) is 8.69. The predicted molar refractivity (Wildman–Crippen MR) is 89.3 cm³/mol. The summed E-state index contributed by atoms with van der Waals surface area (Å²) >= 11 is 0. The minimum Gasteiger partial charge on any atom is -0.376 e. The molecule has 0 unspecified atom stereocenters. The fourth-order valence-electron chi connectivity index (χ4n) is 3.39. The molecule has 1 saturated carbocycles. The highest BCUT2D eigenvalue weighted by Crippen LogP contribution is 2.49. The van der Waals surface area contributed by atoms with Crippen LogP contribution < -0.4 is 0 Å². The van der Waals surface area contributed by atoms with Gasteiger partial charge < -0.3 is 14.2 Å². The number of hydrogen-bond donors (Lipinski definition) is 0. The lowest BCUT2D eigenvalue weighted by molar-refractivity contribution is -0.164. The van der Waals surface area contributed by atoms with Crippen LogP contribution in [0.25, 0.3) is 0 Å². The number of rotatable bonds is 7. The Morgan fingerprint density at radius 3 is 1.95 bits per heavy atom. The van der Waals surface area contributed by atoms with Crippen molar-refractivity contribution in [3.63, 3.8) is 0 Å². The summed E-state index contributed by atoms with van der Waals surface area (Å²) in [5.41, 5.74) is 0.470. The van der Waals surface area contributed by atoms with Gasteiger partial charge in [-0.25, -0.2) is 0 Å². The summed E-state index contributed by atoms with van der Waals surface area (Å²) in [6, 6.07) is 0. The molecule has 1 aliphatic heterocycles. The van der Waals surface area contributed by atoms with Crippen molar-refractivity contribution >= 4 is 0 Å². The standard InChI is InChI=1S/C18H35NO3/c1-16(2,3)21-8-7-19-13-18(14-19)11-15(12-18)20-9-10-22-17(4,5)6/h15H,7-14H2,1-6H3. The summed E-state index contributed by atoms with van der Waals surface area (Å²) < 4.78 is 17.4. The zero-order chi connectivity index (χ0) is 16.4. The average Bonchev–Trinajstić information content (AvgIpc) is 2.23. The third kappa shape index (κ3) is 5.80. The summed E-state index contributed by atoms with van der Waals surface area (Å²) in [6.45, 7) is 18.3. The summed E-state index contributed by atoms with van der Waals surface area (Å²) in [5, 5.41) is 0. The van der Waals surface area contributed by atoms with Crippen LogP contribution in [0.5, 0.6) is 0 Å². The van der Waals surface area contributed by atoms with Gasteiger partial charge in [0.05, 0.1) is 37.1 Å². The molecule has 1 aliphatic carbocycles. The Balaban J connectivity index is 1.48. The first kappa shape index (κ1) is 18.2. The van der Waals surface area contributed by atoms with Gasteiger partial charge >= 0.3 is 0 Å². The Bertz CT molecular complexity index is 342. The van der Waals surface area contributed by atoms with Crippen LogP contribution in [0.4, 0.5) is 0 Å². The molecule has 0 amide bonds. The highest BCUT2D eigenvalue weighted by molar-refractivity contribution is 5.04. The lowest BCUT2D eigenvalue weighted by atomic mass is 9.62. The van der Waals surface area contributed by atoms with E-state index in [2.05, 4.69) is 46.4 Å². The van der Waals surface area contributed by atoms with Gasteiger partial charge in [-0.3, -0.25) is 4.90 Å². The molecule has 2 fully saturated rings. The van der Waals surface area contributed by atoms with Crippen molar-refractivity contribution in [1.29, 1.82) is 0 Å². The Morgan fingerprint density at radius 2 is 1.41 bits per heavy atom. The zero-order valence-corrected chi connectivity index (χ0v) is 15.4. The number of nitrogens with zero attached hydrogens (tertiary/aromatic N) is 1. The van der Waals surface area contributed by atoms with E-state index in [1.165, 1.54) is 25.9 Å². The van der Waals surface area contributed by atoms with Crippen molar-refractivity contribution in [3.8, 4) is 0 Å². The van der Waals surface area contributed by atoms with Gasteiger partial charge in [0.15, 0.2) is 0 Å². The summed E-state index contributed by atoms with van der Waals surface area (Å²) in [6.07, 6.45) is 2.90. The lowest BCUT2D eigenvalue weighted by Crippen LogP contribution is -2.64. The zero-order valence-electron chi connectivity index (χ0n) is 15.4. The van der Waals surface area contributed by atoms with Gasteiger partial charge in [0, 0.05) is 25.0 Å². The monoisotopic (exact) mass is 313 g/mol. The number of hydrogen-bond acceptors (Lipinski definition) is 4. The molecule has 2 aliphatic rings. The largest absolute Gasteiger partial charge is 0.376 e. The highest BCUT2D eigenvalue weighted by Gasteiger charge is 2.52. The summed E-state index contributed by atoms with van der Waals surface area (Å²) in [4.78, 5) is 2.50. The van der Waals surface area contributed by atoms with Crippen LogP contribution in [0.15, 0.2) is 0 Å². The van der Waals surface area contributed by atoms with Gasteiger partial charge in [-0.15, -0.1) is 0 Å². The van der Waals surface area contributed by atoms with Crippen molar-refractivity contribution in [2.24, 2.45) is 5.41 Å². The van der Waals surface area contributed by atoms with Crippen LogP contribution in [-0.4, -0.2) is 61.7 Å². The molecule has 1 spiro atoms. The molecule has 0 bridgehead atoms. The van der Waals surface area contributed by atoms with Crippen LogP contribution in [-0.2, 0) is 14.2 Å². The molecule has 0 N–H and O–H groups in total. The lowest BCUT2D eigenvalue weighted by Gasteiger charge is -2.59. The Hall–Kier alpha value is -0.160. The van der Waals surface area contributed by atoms with Crippen molar-refractivity contribution < 1.29 is 14.2 Å². The van der Waals surface area contributed by atoms with E-state index >= 15 is 0 Å². The van der Waals surface area contributed by atoms with E-state index in [4.69, 9.17) is 14.2 Å². The van der Waals surface area contributed by atoms with Crippen molar-refractivity contribution in [3.05, 3.63) is 0 Å². The van der Waals surface area contributed by atoms with Crippen LogP contribution in [0.1, 0.15) is 54.4 Å². The van der Waals surface area contributed by atoms with E-state index in [9.17, 15) is 0 Å². The van der Waals surface area contributed by atoms with Gasteiger partial charge in [-0.05, 0) is 54.4 Å². The minimum atomic E-state index is -0.0617. The molecular weight excluding hydrogens is 278 g/mol. The smallest absolute Gasteiger partial charge is 0.0707 e. The fourth-order valence-corrected chi connectivity index (χ4v) is 3.39. The predicted octanol–water partition coefficient (Wildman–Crippen LogP) is 3.10. The molecule has 1 heterocycles. The highest BCUT2D eigenvalue weighted by atomic mass is 16.5. The van der Waals surface area contributed by atoms with Crippen molar-refractivity contribution in [2.45, 2.75) is 71.7 Å². The second kappa shape index (κ2) is 6.76. The van der Waals surface area contributed by atoms with E-state index in [1.54, 1.807) is 0 Å². The topological polar surface area (TPSA) is 30.9 Å². The SMILES string of the molecule is CC(C)(C)OCCOC1CC2(C1)CN(CCOC(C)(C)C)C2. The molecule has 2 rings (SSSR count). The molecule has 0 aromatic carbocycles. The third-order valence-electron chi connectivity index (χ3n) is 4.35. The van der Waals surface area contributed by atoms with Crippen LogP contribution >= 0.6 is 0 Å². The van der Waals surface area contributed by atoms with Crippen molar-refractivity contribution in [2.75, 3.05) is 39.5 Å². The van der Waals surface area contributed by atoms with E-state index in [0.29, 0.717) is 18.1 Å². The van der Waals surface area contributed by atoms with Gasteiger partial charge in [-0.2, -0.15) is 0 Å². The fraction of sp³-hybridized carbons (Fsp3) is 1.00. The van der Waals surface area contributed by atoms with Crippen LogP contribution in [0, 0.1) is 5.41 Å². The molecule has 1 saturated heterocycles. The first-order valence-electron chi connectivity index (χ1n) is 8.69. The first-order chi connectivity index (χ1) is 10.1. The maximum absolute atomic E-state index is 5.90. The van der Waals surface area contributed by atoms with Gasteiger partial charge in [-0.1, -0.05) is 0 Å². The molecule has 0 aromatic rings.